The van der Waals surface area contributed by atoms with Gasteiger partial charge in [-0.2, -0.15) is 0 Å². The average molecular weight is 286 g/mol. The van der Waals surface area contributed by atoms with Gasteiger partial charge in [-0.15, -0.1) is 0 Å². The Bertz CT molecular complexity index is 361. The van der Waals surface area contributed by atoms with Crippen molar-refractivity contribution >= 4 is 17.8 Å². The lowest BCUT2D eigenvalue weighted by molar-refractivity contribution is -0.143. The maximum Gasteiger partial charge on any atom is 0.326 e. The van der Waals surface area contributed by atoms with E-state index in [1.165, 1.54) is 0 Å². The Hall–Kier alpha value is -1.59. The van der Waals surface area contributed by atoms with Gasteiger partial charge < -0.3 is 15.7 Å². The molecule has 0 unspecified atom stereocenters. The van der Waals surface area contributed by atoms with Gasteiger partial charge in [0, 0.05) is 18.4 Å². The van der Waals surface area contributed by atoms with Crippen LogP contribution in [0.2, 0.25) is 0 Å². The van der Waals surface area contributed by atoms with Crippen molar-refractivity contribution in [1.82, 2.24) is 10.6 Å². The number of hydrogen-bond acceptors (Lipinski definition) is 3. The standard InChI is InChI=1S/C14H26N2O4/c1-6-9(2)11(12(18)19)16-10(17)7-8-15-13(20)14(3,4)5/h9,11H,6-8H2,1-5H3,(H,15,20)(H,16,17)(H,18,19)/t9-,11-/m0/s1. The number of aliphatic carboxylic acids is 1. The van der Waals surface area contributed by atoms with Crippen molar-refractivity contribution in [3.63, 3.8) is 0 Å². The molecule has 0 saturated carbocycles. The van der Waals surface area contributed by atoms with Crippen LogP contribution in [0.1, 0.15) is 47.5 Å². The third-order valence-corrected chi connectivity index (χ3v) is 3.11. The molecule has 0 aliphatic heterocycles. The topological polar surface area (TPSA) is 95.5 Å². The highest BCUT2D eigenvalue weighted by molar-refractivity contribution is 5.85. The van der Waals surface area contributed by atoms with Gasteiger partial charge in [-0.05, 0) is 5.92 Å². The molecule has 0 aliphatic carbocycles. The predicted octanol–water partition coefficient (Wildman–Crippen LogP) is 1.15. The van der Waals surface area contributed by atoms with Crippen LogP contribution in [0.25, 0.3) is 0 Å². The van der Waals surface area contributed by atoms with E-state index in [0.29, 0.717) is 6.42 Å². The van der Waals surface area contributed by atoms with Gasteiger partial charge in [0.1, 0.15) is 6.04 Å². The van der Waals surface area contributed by atoms with Gasteiger partial charge in [0.25, 0.3) is 0 Å². The highest BCUT2D eigenvalue weighted by Crippen LogP contribution is 2.12. The lowest BCUT2D eigenvalue weighted by Crippen LogP contribution is -2.46. The number of carboxylic acids is 1. The Balaban J connectivity index is 4.22. The molecule has 0 fully saturated rings. The van der Waals surface area contributed by atoms with Crippen molar-refractivity contribution < 1.29 is 19.5 Å². The maximum atomic E-state index is 11.7. The second kappa shape index (κ2) is 7.87. The summed E-state index contributed by atoms with van der Waals surface area (Å²) in [7, 11) is 0. The van der Waals surface area contributed by atoms with Crippen LogP contribution in [-0.2, 0) is 14.4 Å². The molecular formula is C14H26N2O4. The zero-order chi connectivity index (χ0) is 15.9. The number of rotatable bonds is 7. The maximum absolute atomic E-state index is 11.7. The normalized spacial score (nSPS) is 14.2. The first-order valence-corrected chi connectivity index (χ1v) is 6.90. The van der Waals surface area contributed by atoms with Crippen LogP contribution in [0.3, 0.4) is 0 Å². The summed E-state index contributed by atoms with van der Waals surface area (Å²) in [5, 5.41) is 14.2. The third kappa shape index (κ3) is 6.54. The number of hydrogen-bond donors (Lipinski definition) is 3. The first-order chi connectivity index (χ1) is 9.09. The van der Waals surface area contributed by atoms with E-state index in [-0.39, 0.29) is 30.7 Å². The van der Waals surface area contributed by atoms with Crippen LogP contribution < -0.4 is 10.6 Å². The SMILES string of the molecule is CC[C@H](C)[C@H](NC(=O)CCNC(=O)C(C)(C)C)C(=O)O. The largest absolute Gasteiger partial charge is 0.480 e. The Labute approximate surface area is 120 Å². The van der Waals surface area contributed by atoms with E-state index >= 15 is 0 Å². The number of carboxylic acid groups (broad SMARTS) is 1. The van der Waals surface area contributed by atoms with Gasteiger partial charge in [-0.25, -0.2) is 4.79 Å². The van der Waals surface area contributed by atoms with Crippen molar-refractivity contribution in [1.29, 1.82) is 0 Å². The fraction of sp³-hybridized carbons (Fsp3) is 0.786. The zero-order valence-electron chi connectivity index (χ0n) is 12.9. The predicted molar refractivity (Wildman–Crippen MR) is 76.1 cm³/mol. The van der Waals surface area contributed by atoms with E-state index < -0.39 is 17.4 Å². The van der Waals surface area contributed by atoms with Crippen molar-refractivity contribution in [2.24, 2.45) is 11.3 Å². The molecule has 0 heterocycles. The number of amides is 2. The molecule has 2 atom stereocenters. The van der Waals surface area contributed by atoms with Gasteiger partial charge >= 0.3 is 5.97 Å². The molecule has 2 amide bonds. The van der Waals surface area contributed by atoms with Crippen molar-refractivity contribution in [2.45, 2.75) is 53.5 Å². The molecule has 0 saturated heterocycles. The Kier molecular flexibility index (Phi) is 7.24. The Morgan fingerprint density at radius 3 is 2.15 bits per heavy atom. The van der Waals surface area contributed by atoms with Gasteiger partial charge in [-0.3, -0.25) is 9.59 Å². The van der Waals surface area contributed by atoms with E-state index in [1.807, 2.05) is 6.92 Å². The molecule has 0 bridgehead atoms. The van der Waals surface area contributed by atoms with Gasteiger partial charge in [0.05, 0.1) is 0 Å². The van der Waals surface area contributed by atoms with Crippen LogP contribution in [0, 0.1) is 11.3 Å². The van der Waals surface area contributed by atoms with Gasteiger partial charge in [-0.1, -0.05) is 41.0 Å². The molecule has 20 heavy (non-hydrogen) atoms. The summed E-state index contributed by atoms with van der Waals surface area (Å²) in [6.07, 6.45) is 0.736. The third-order valence-electron chi connectivity index (χ3n) is 3.11. The summed E-state index contributed by atoms with van der Waals surface area (Å²) in [4.78, 5) is 34.3. The van der Waals surface area contributed by atoms with Gasteiger partial charge in [0.15, 0.2) is 0 Å². The molecule has 116 valence electrons. The molecule has 0 aliphatic rings. The minimum Gasteiger partial charge on any atom is -0.480 e. The quantitative estimate of drug-likeness (QED) is 0.654. The summed E-state index contributed by atoms with van der Waals surface area (Å²) >= 11 is 0. The molecule has 6 nitrogen and oxygen atoms in total. The summed E-state index contributed by atoms with van der Waals surface area (Å²) in [5.41, 5.74) is -0.503. The van der Waals surface area contributed by atoms with E-state index in [9.17, 15) is 14.4 Å². The summed E-state index contributed by atoms with van der Waals surface area (Å²) in [6.45, 7) is 9.20. The van der Waals surface area contributed by atoms with Crippen molar-refractivity contribution in [3.05, 3.63) is 0 Å². The molecule has 0 aromatic heterocycles. The lowest BCUT2D eigenvalue weighted by Gasteiger charge is -2.21. The van der Waals surface area contributed by atoms with E-state index in [4.69, 9.17) is 5.11 Å². The summed E-state index contributed by atoms with van der Waals surface area (Å²) in [5.74, 6) is -1.68. The number of carbonyl (C=O) groups is 3. The van der Waals surface area contributed by atoms with E-state index in [2.05, 4.69) is 10.6 Å². The first kappa shape index (κ1) is 18.4. The Morgan fingerprint density at radius 2 is 1.75 bits per heavy atom. The highest BCUT2D eigenvalue weighted by Gasteiger charge is 2.25. The smallest absolute Gasteiger partial charge is 0.326 e. The highest BCUT2D eigenvalue weighted by atomic mass is 16.4. The van der Waals surface area contributed by atoms with Crippen LogP contribution >= 0.6 is 0 Å². The minimum atomic E-state index is -1.04. The second-order valence-electron chi connectivity index (χ2n) is 6.02. The lowest BCUT2D eigenvalue weighted by atomic mass is 9.96. The fourth-order valence-electron chi connectivity index (χ4n) is 1.48. The first-order valence-electron chi connectivity index (χ1n) is 6.90. The molecule has 0 aromatic rings. The van der Waals surface area contributed by atoms with Crippen molar-refractivity contribution in [2.75, 3.05) is 6.54 Å². The van der Waals surface area contributed by atoms with Crippen LogP contribution in [0.5, 0.6) is 0 Å². The molecule has 0 rings (SSSR count). The monoisotopic (exact) mass is 286 g/mol. The summed E-state index contributed by atoms with van der Waals surface area (Å²) < 4.78 is 0. The molecule has 3 N–H and O–H groups in total. The van der Waals surface area contributed by atoms with Crippen LogP contribution in [0.4, 0.5) is 0 Å². The zero-order valence-corrected chi connectivity index (χ0v) is 12.9. The van der Waals surface area contributed by atoms with Gasteiger partial charge in [0.2, 0.25) is 11.8 Å². The number of carbonyl (C=O) groups excluding carboxylic acids is 2. The molecule has 6 heteroatoms. The Morgan fingerprint density at radius 1 is 1.20 bits per heavy atom. The minimum absolute atomic E-state index is 0.0715. The fourth-order valence-corrected chi connectivity index (χ4v) is 1.48. The average Bonchev–Trinajstić information content (AvgIpc) is 2.33. The second-order valence-corrected chi connectivity index (χ2v) is 6.02. The van der Waals surface area contributed by atoms with Crippen molar-refractivity contribution in [3.8, 4) is 0 Å². The molecule has 0 spiro atoms. The summed E-state index contributed by atoms with van der Waals surface area (Å²) in [6, 6.07) is -0.884. The van der Waals surface area contributed by atoms with Crippen LogP contribution in [-0.4, -0.2) is 35.5 Å². The number of nitrogens with one attached hydrogen (secondary N) is 2. The van der Waals surface area contributed by atoms with E-state index in [1.54, 1.807) is 27.7 Å². The van der Waals surface area contributed by atoms with E-state index in [0.717, 1.165) is 0 Å². The molecule has 0 radical (unpaired) electrons. The molecule has 0 aromatic carbocycles. The molecular weight excluding hydrogens is 260 g/mol. The van der Waals surface area contributed by atoms with Crippen LogP contribution in [0.15, 0.2) is 0 Å².